The van der Waals surface area contributed by atoms with Crippen molar-refractivity contribution in [2.24, 2.45) is 0 Å². The SMILES string of the molecule is O=C(O)CCCCCCCCCCC[P+](c1ccccc1)(c1ccccc1)c1cnn(C2CCC2)c1.[Br-]. The Balaban J connectivity index is 0.00000380. The second-order valence-corrected chi connectivity index (χ2v) is 13.9. The number of carbonyl (C=O) groups is 1. The minimum Gasteiger partial charge on any atom is -1.00 e. The van der Waals surface area contributed by atoms with Gasteiger partial charge in [-0.05, 0) is 62.8 Å². The fourth-order valence-electron chi connectivity index (χ4n) is 5.44. The molecule has 0 radical (unpaired) electrons. The molecule has 1 aromatic heterocycles. The number of aliphatic carboxylic acids is 1. The third-order valence-electron chi connectivity index (χ3n) is 7.76. The molecular formula is C31H42BrN2O2P. The molecule has 4 rings (SSSR count). The largest absolute Gasteiger partial charge is 1.00 e. The van der Waals surface area contributed by atoms with Crippen LogP contribution in [0.15, 0.2) is 73.1 Å². The molecule has 2 aromatic carbocycles. The molecule has 0 amide bonds. The number of rotatable bonds is 16. The topological polar surface area (TPSA) is 55.1 Å². The van der Waals surface area contributed by atoms with E-state index in [1.165, 1.54) is 79.9 Å². The first kappa shape index (κ1) is 29.6. The smallest absolute Gasteiger partial charge is 0.303 e. The first-order valence-electron chi connectivity index (χ1n) is 14.0. The van der Waals surface area contributed by atoms with Crippen molar-refractivity contribution in [1.29, 1.82) is 0 Å². The van der Waals surface area contributed by atoms with Crippen molar-refractivity contribution >= 4 is 29.1 Å². The highest BCUT2D eigenvalue weighted by molar-refractivity contribution is 7.95. The van der Waals surface area contributed by atoms with Gasteiger partial charge in [0.25, 0.3) is 0 Å². The second kappa shape index (κ2) is 15.4. The zero-order valence-corrected chi connectivity index (χ0v) is 24.5. The van der Waals surface area contributed by atoms with E-state index in [0.29, 0.717) is 12.5 Å². The van der Waals surface area contributed by atoms with Crippen LogP contribution in [0.25, 0.3) is 0 Å². The number of nitrogens with zero attached hydrogens (tertiary/aromatic N) is 2. The third-order valence-corrected chi connectivity index (χ3v) is 12.2. The van der Waals surface area contributed by atoms with Gasteiger partial charge in [0.15, 0.2) is 0 Å². The number of benzene rings is 2. The Morgan fingerprint density at radius 3 is 1.78 bits per heavy atom. The fraction of sp³-hybridized carbons (Fsp3) is 0.484. The lowest BCUT2D eigenvalue weighted by atomic mass is 9.93. The van der Waals surface area contributed by atoms with E-state index in [1.54, 1.807) is 0 Å². The fourth-order valence-corrected chi connectivity index (χ4v) is 9.73. The van der Waals surface area contributed by atoms with E-state index in [0.717, 1.165) is 19.3 Å². The summed E-state index contributed by atoms with van der Waals surface area (Å²) in [5.74, 6) is -0.671. The first-order valence-corrected chi connectivity index (χ1v) is 15.9. The molecule has 6 heteroatoms. The summed E-state index contributed by atoms with van der Waals surface area (Å²) in [6, 6.07) is 23.0. The number of hydrogen-bond acceptors (Lipinski definition) is 2. The van der Waals surface area contributed by atoms with Crippen LogP contribution in [-0.4, -0.2) is 27.0 Å². The summed E-state index contributed by atoms with van der Waals surface area (Å²) < 4.78 is 2.25. The highest BCUT2D eigenvalue weighted by Crippen LogP contribution is 2.56. The molecule has 3 aromatic rings. The predicted molar refractivity (Wildman–Crippen MR) is 152 cm³/mol. The zero-order valence-electron chi connectivity index (χ0n) is 22.0. The summed E-state index contributed by atoms with van der Waals surface area (Å²) in [7, 11) is -1.77. The summed E-state index contributed by atoms with van der Waals surface area (Å²) in [5.41, 5.74) is 0. The van der Waals surface area contributed by atoms with Crippen LogP contribution in [0.1, 0.15) is 89.5 Å². The third kappa shape index (κ3) is 8.01. The van der Waals surface area contributed by atoms with Crippen LogP contribution in [-0.2, 0) is 4.79 Å². The van der Waals surface area contributed by atoms with Gasteiger partial charge in [0.2, 0.25) is 0 Å². The quantitative estimate of drug-likeness (QED) is 0.205. The number of aromatic nitrogens is 2. The molecule has 4 nitrogen and oxygen atoms in total. The van der Waals surface area contributed by atoms with Gasteiger partial charge >= 0.3 is 5.97 Å². The molecule has 0 atom stereocenters. The summed E-state index contributed by atoms with van der Waals surface area (Å²) in [5, 5.41) is 18.0. The predicted octanol–water partition coefficient (Wildman–Crippen LogP) is 3.89. The summed E-state index contributed by atoms with van der Waals surface area (Å²) >= 11 is 0. The van der Waals surface area contributed by atoms with Crippen LogP contribution < -0.4 is 32.9 Å². The lowest BCUT2D eigenvalue weighted by molar-refractivity contribution is -0.137. The Morgan fingerprint density at radius 2 is 1.30 bits per heavy atom. The van der Waals surface area contributed by atoms with E-state index in [1.807, 2.05) is 0 Å². The second-order valence-electron chi connectivity index (χ2n) is 10.3. The van der Waals surface area contributed by atoms with Crippen molar-refractivity contribution in [2.45, 2.75) is 89.5 Å². The number of halogens is 1. The van der Waals surface area contributed by atoms with E-state index in [4.69, 9.17) is 10.2 Å². The number of carboxylic acids is 1. The molecule has 0 bridgehead atoms. The normalized spacial score (nSPS) is 13.6. The van der Waals surface area contributed by atoms with Crippen molar-refractivity contribution in [2.75, 3.05) is 6.16 Å². The number of hydrogen-bond donors (Lipinski definition) is 1. The Kier molecular flexibility index (Phi) is 12.3. The summed E-state index contributed by atoms with van der Waals surface area (Å²) in [6.45, 7) is 0. The zero-order chi connectivity index (χ0) is 25.1. The van der Waals surface area contributed by atoms with Crippen LogP contribution in [0.3, 0.4) is 0 Å². The van der Waals surface area contributed by atoms with Crippen molar-refractivity contribution in [3.8, 4) is 0 Å². The highest BCUT2D eigenvalue weighted by atomic mass is 79.9. The van der Waals surface area contributed by atoms with Gasteiger partial charge in [0.1, 0.15) is 23.2 Å². The van der Waals surface area contributed by atoms with E-state index < -0.39 is 13.2 Å². The average Bonchev–Trinajstić information content (AvgIpc) is 3.34. The number of unbranched alkanes of at least 4 members (excludes halogenated alkanes) is 8. The number of carboxylic acid groups (broad SMARTS) is 1. The average molecular weight is 586 g/mol. The van der Waals surface area contributed by atoms with Crippen LogP contribution in [0.5, 0.6) is 0 Å². The monoisotopic (exact) mass is 584 g/mol. The van der Waals surface area contributed by atoms with Crippen molar-refractivity contribution < 1.29 is 26.9 Å². The lowest BCUT2D eigenvalue weighted by Gasteiger charge is -2.27. The lowest BCUT2D eigenvalue weighted by Crippen LogP contribution is -3.00. The van der Waals surface area contributed by atoms with E-state index in [-0.39, 0.29) is 17.0 Å². The van der Waals surface area contributed by atoms with Gasteiger partial charge in [0.05, 0.1) is 24.6 Å². The van der Waals surface area contributed by atoms with E-state index >= 15 is 0 Å². The molecule has 1 saturated carbocycles. The Labute approximate surface area is 234 Å². The Hall–Kier alpha value is -1.97. The van der Waals surface area contributed by atoms with Gasteiger partial charge < -0.3 is 22.1 Å². The standard InChI is InChI=1S/C31H41N2O2P.BrH/c34-31(35)23-14-6-4-2-1-3-5-7-15-24-36(28-19-10-8-11-20-28,29-21-12-9-13-22-29)30-25-32-33(26-30)27-17-16-18-27;/h8-13,19-22,25-27H,1-7,14-18,23-24H2;1H. The van der Waals surface area contributed by atoms with Crippen molar-refractivity contribution in [1.82, 2.24) is 9.78 Å². The minimum atomic E-state index is -1.77. The maximum absolute atomic E-state index is 10.6. The van der Waals surface area contributed by atoms with Gasteiger partial charge in [-0.1, -0.05) is 74.9 Å². The maximum atomic E-state index is 10.6. The molecule has 1 fully saturated rings. The summed E-state index contributed by atoms with van der Waals surface area (Å²) in [6.07, 6.45) is 20.4. The molecule has 1 N–H and O–H groups in total. The van der Waals surface area contributed by atoms with Gasteiger partial charge in [0, 0.05) is 6.42 Å². The molecule has 1 aliphatic carbocycles. The van der Waals surface area contributed by atoms with Crippen molar-refractivity contribution in [3.63, 3.8) is 0 Å². The van der Waals surface area contributed by atoms with E-state index in [2.05, 4.69) is 77.7 Å². The maximum Gasteiger partial charge on any atom is 0.303 e. The molecule has 0 saturated heterocycles. The molecule has 37 heavy (non-hydrogen) atoms. The van der Waals surface area contributed by atoms with Crippen LogP contribution in [0.4, 0.5) is 0 Å². The summed E-state index contributed by atoms with van der Waals surface area (Å²) in [4.78, 5) is 10.6. The molecule has 1 aliphatic rings. The van der Waals surface area contributed by atoms with Crippen molar-refractivity contribution in [3.05, 3.63) is 73.1 Å². The first-order chi connectivity index (χ1) is 17.7. The minimum absolute atomic E-state index is 0. The Morgan fingerprint density at radius 1 is 0.784 bits per heavy atom. The molecule has 0 unspecified atom stereocenters. The highest BCUT2D eigenvalue weighted by Gasteiger charge is 2.46. The Bertz CT molecular complexity index is 1010. The van der Waals surface area contributed by atoms with Gasteiger partial charge in [-0.25, -0.2) is 0 Å². The van der Waals surface area contributed by atoms with E-state index in [9.17, 15) is 4.79 Å². The molecule has 200 valence electrons. The molecule has 1 heterocycles. The van der Waals surface area contributed by atoms with Crippen LogP contribution >= 0.6 is 7.26 Å². The molecular weight excluding hydrogens is 543 g/mol. The molecule has 0 spiro atoms. The van der Waals surface area contributed by atoms with Gasteiger partial charge in [-0.15, -0.1) is 0 Å². The van der Waals surface area contributed by atoms with Gasteiger partial charge in [-0.3, -0.25) is 9.48 Å². The molecule has 0 aliphatic heterocycles. The van der Waals surface area contributed by atoms with Crippen LogP contribution in [0.2, 0.25) is 0 Å². The van der Waals surface area contributed by atoms with Gasteiger partial charge in [-0.2, -0.15) is 5.10 Å². The van der Waals surface area contributed by atoms with Crippen LogP contribution in [0, 0.1) is 0 Å².